The maximum atomic E-state index is 12.4. The second-order valence-corrected chi connectivity index (χ2v) is 7.92. The quantitative estimate of drug-likeness (QED) is 0.811. The fraction of sp³-hybridized carbons (Fsp3) is 0.545. The van der Waals surface area contributed by atoms with Crippen molar-refractivity contribution in [3.8, 4) is 6.01 Å². The van der Waals surface area contributed by atoms with Gasteiger partial charge in [-0.05, 0) is 37.8 Å². The Morgan fingerprint density at radius 1 is 0.900 bits per heavy atom. The molecule has 0 atom stereocenters. The number of piperidine rings is 1. The van der Waals surface area contributed by atoms with E-state index >= 15 is 0 Å². The van der Waals surface area contributed by atoms with E-state index in [0.717, 1.165) is 51.9 Å². The van der Waals surface area contributed by atoms with E-state index in [9.17, 15) is 4.79 Å². The monoisotopic (exact) mass is 410 g/mol. The molecule has 2 aliphatic rings. The lowest BCUT2D eigenvalue weighted by Gasteiger charge is -2.33. The number of hydrogen-bond donors (Lipinski definition) is 1. The zero-order valence-electron chi connectivity index (χ0n) is 17.6. The summed E-state index contributed by atoms with van der Waals surface area (Å²) in [5, 5.41) is 3.15. The maximum absolute atomic E-state index is 12.4. The van der Waals surface area contributed by atoms with Gasteiger partial charge in [0.25, 0.3) is 5.91 Å². The zero-order valence-corrected chi connectivity index (χ0v) is 17.6. The van der Waals surface area contributed by atoms with Gasteiger partial charge in [0.15, 0.2) is 0 Å². The van der Waals surface area contributed by atoms with Gasteiger partial charge in [-0.15, -0.1) is 0 Å². The average Bonchev–Trinajstić information content (AvgIpc) is 3.09. The highest BCUT2D eigenvalue weighted by Crippen LogP contribution is 2.23. The lowest BCUT2D eigenvalue weighted by Crippen LogP contribution is -2.45. The lowest BCUT2D eigenvalue weighted by atomic mass is 10.0. The van der Waals surface area contributed by atoms with Crippen LogP contribution < -0.4 is 19.9 Å². The summed E-state index contributed by atoms with van der Waals surface area (Å²) in [5.41, 5.74) is 0.698. The van der Waals surface area contributed by atoms with Crippen LogP contribution in [0.25, 0.3) is 0 Å². The molecule has 1 aromatic carbocycles. The molecule has 0 aliphatic carbocycles. The first-order valence-electron chi connectivity index (χ1n) is 10.9. The van der Waals surface area contributed by atoms with E-state index in [1.165, 1.54) is 12.8 Å². The van der Waals surface area contributed by atoms with Crippen LogP contribution >= 0.6 is 0 Å². The van der Waals surface area contributed by atoms with Crippen LogP contribution in [0.3, 0.4) is 0 Å². The largest absolute Gasteiger partial charge is 0.467 e. The first-order valence-corrected chi connectivity index (χ1v) is 10.9. The number of nitrogens with one attached hydrogen (secondary N) is 1. The molecule has 1 amide bonds. The van der Waals surface area contributed by atoms with E-state index in [0.29, 0.717) is 23.5 Å². The fourth-order valence-electron chi connectivity index (χ4n) is 4.06. The highest BCUT2D eigenvalue weighted by Gasteiger charge is 2.25. The molecule has 0 bridgehead atoms. The number of methoxy groups -OCH3 is 1. The van der Waals surface area contributed by atoms with Gasteiger partial charge >= 0.3 is 6.01 Å². The average molecular weight is 411 g/mol. The Morgan fingerprint density at radius 3 is 2.10 bits per heavy atom. The lowest BCUT2D eigenvalue weighted by molar-refractivity contribution is 0.0931. The summed E-state index contributed by atoms with van der Waals surface area (Å²) < 4.78 is 5.36. The van der Waals surface area contributed by atoms with Crippen LogP contribution in [0.4, 0.5) is 11.9 Å². The Labute approximate surface area is 177 Å². The molecule has 160 valence electrons. The topological polar surface area (TPSA) is 83.5 Å². The highest BCUT2D eigenvalue weighted by atomic mass is 16.5. The third-order valence-corrected chi connectivity index (χ3v) is 5.81. The highest BCUT2D eigenvalue weighted by molar-refractivity contribution is 5.94. The number of carbonyl (C=O) groups is 1. The molecule has 2 aromatic rings. The van der Waals surface area contributed by atoms with E-state index in [4.69, 9.17) is 9.72 Å². The minimum atomic E-state index is -0.0145. The van der Waals surface area contributed by atoms with Crippen molar-refractivity contribution < 1.29 is 9.53 Å². The van der Waals surface area contributed by atoms with E-state index in [1.807, 2.05) is 30.3 Å². The number of rotatable bonds is 5. The Hall–Kier alpha value is -2.90. The molecule has 0 saturated carbocycles. The molecule has 4 rings (SSSR count). The smallest absolute Gasteiger partial charge is 0.322 e. The summed E-state index contributed by atoms with van der Waals surface area (Å²) in [5.74, 6) is 1.35. The fourth-order valence-corrected chi connectivity index (χ4v) is 4.06. The molecule has 0 radical (unpaired) electrons. The van der Waals surface area contributed by atoms with Gasteiger partial charge in [0.1, 0.15) is 0 Å². The molecular weight excluding hydrogens is 380 g/mol. The van der Waals surface area contributed by atoms with Gasteiger partial charge < -0.3 is 19.9 Å². The summed E-state index contributed by atoms with van der Waals surface area (Å²) in [6.45, 7) is 3.51. The van der Waals surface area contributed by atoms with Gasteiger partial charge in [-0.1, -0.05) is 31.0 Å². The summed E-state index contributed by atoms with van der Waals surface area (Å²) in [6, 6.07) is 9.87. The molecular formula is C22H30N6O2. The van der Waals surface area contributed by atoms with E-state index in [1.54, 1.807) is 7.11 Å². The first kappa shape index (κ1) is 20.4. The predicted molar refractivity (Wildman–Crippen MR) is 116 cm³/mol. The molecule has 8 nitrogen and oxygen atoms in total. The van der Waals surface area contributed by atoms with Crippen molar-refractivity contribution in [3.63, 3.8) is 0 Å². The van der Waals surface area contributed by atoms with Crippen LogP contribution in [0.15, 0.2) is 30.3 Å². The number of aromatic nitrogens is 3. The minimum Gasteiger partial charge on any atom is -0.467 e. The summed E-state index contributed by atoms with van der Waals surface area (Å²) >= 11 is 0. The first-order chi connectivity index (χ1) is 14.7. The molecule has 8 heteroatoms. The molecule has 2 aliphatic heterocycles. The molecule has 0 spiro atoms. The van der Waals surface area contributed by atoms with Crippen molar-refractivity contribution in [2.24, 2.45) is 0 Å². The van der Waals surface area contributed by atoms with Crippen LogP contribution in [0, 0.1) is 0 Å². The van der Waals surface area contributed by atoms with E-state index in [-0.39, 0.29) is 11.9 Å². The number of ether oxygens (including phenoxy) is 1. The molecule has 0 unspecified atom stereocenters. The summed E-state index contributed by atoms with van der Waals surface area (Å²) in [7, 11) is 1.59. The maximum Gasteiger partial charge on any atom is 0.322 e. The number of anilines is 2. The Bertz CT molecular complexity index is 831. The van der Waals surface area contributed by atoms with Gasteiger partial charge in [0.2, 0.25) is 11.9 Å². The molecule has 1 N–H and O–H groups in total. The van der Waals surface area contributed by atoms with Crippen LogP contribution in [0.2, 0.25) is 0 Å². The van der Waals surface area contributed by atoms with E-state index in [2.05, 4.69) is 25.1 Å². The van der Waals surface area contributed by atoms with Crippen molar-refractivity contribution in [3.05, 3.63) is 35.9 Å². The minimum absolute atomic E-state index is 0.0145. The Kier molecular flexibility index (Phi) is 6.61. The number of amides is 1. The van der Waals surface area contributed by atoms with Gasteiger partial charge in [0.05, 0.1) is 7.11 Å². The second-order valence-electron chi connectivity index (χ2n) is 7.92. The van der Waals surface area contributed by atoms with Crippen molar-refractivity contribution >= 4 is 17.8 Å². The Morgan fingerprint density at radius 2 is 1.50 bits per heavy atom. The van der Waals surface area contributed by atoms with Crippen LogP contribution in [-0.4, -0.2) is 60.2 Å². The molecule has 30 heavy (non-hydrogen) atoms. The van der Waals surface area contributed by atoms with Crippen molar-refractivity contribution in [2.45, 2.75) is 44.6 Å². The third kappa shape index (κ3) is 4.98. The van der Waals surface area contributed by atoms with Gasteiger partial charge in [-0.3, -0.25) is 4.79 Å². The van der Waals surface area contributed by atoms with Gasteiger partial charge in [-0.25, -0.2) is 0 Å². The molecule has 2 saturated heterocycles. The third-order valence-electron chi connectivity index (χ3n) is 5.81. The molecule has 3 heterocycles. The summed E-state index contributed by atoms with van der Waals surface area (Å²) in [4.78, 5) is 30.6. The van der Waals surface area contributed by atoms with Crippen LogP contribution in [-0.2, 0) is 0 Å². The molecule has 2 fully saturated rings. The second kappa shape index (κ2) is 9.73. The standard InChI is InChI=1S/C22H30N6O2/c1-30-22-25-20(27-13-7-2-3-8-14-27)24-21(26-22)28-15-11-18(12-16-28)23-19(29)17-9-5-4-6-10-17/h4-6,9-10,18H,2-3,7-8,11-16H2,1H3,(H,23,29). The number of carbonyl (C=O) groups excluding carboxylic acids is 1. The van der Waals surface area contributed by atoms with Crippen LogP contribution in [0.5, 0.6) is 6.01 Å². The number of nitrogens with zero attached hydrogens (tertiary/aromatic N) is 5. The van der Waals surface area contributed by atoms with Crippen molar-refractivity contribution in [2.75, 3.05) is 43.1 Å². The van der Waals surface area contributed by atoms with Gasteiger partial charge in [-0.2, -0.15) is 15.0 Å². The number of hydrogen-bond acceptors (Lipinski definition) is 7. The van der Waals surface area contributed by atoms with E-state index < -0.39 is 0 Å². The molecule has 1 aromatic heterocycles. The predicted octanol–water partition coefficient (Wildman–Crippen LogP) is 2.66. The Balaban J connectivity index is 1.40. The SMILES string of the molecule is COc1nc(N2CCCCCC2)nc(N2CCC(NC(=O)c3ccccc3)CC2)n1. The van der Waals surface area contributed by atoms with Crippen molar-refractivity contribution in [1.82, 2.24) is 20.3 Å². The zero-order chi connectivity index (χ0) is 20.8. The number of benzene rings is 1. The van der Waals surface area contributed by atoms with Crippen LogP contribution in [0.1, 0.15) is 48.9 Å². The summed E-state index contributed by atoms with van der Waals surface area (Å²) in [6.07, 6.45) is 6.55. The van der Waals surface area contributed by atoms with Gasteiger partial charge in [0, 0.05) is 37.8 Å². The van der Waals surface area contributed by atoms with Crippen molar-refractivity contribution in [1.29, 1.82) is 0 Å². The normalized spacial score (nSPS) is 18.0.